The van der Waals surface area contributed by atoms with Crippen LogP contribution in [0.4, 0.5) is 0 Å². The molecule has 0 aliphatic carbocycles. The fraction of sp³-hybridized carbons (Fsp3) is 0. The van der Waals surface area contributed by atoms with Crippen LogP contribution in [0, 0.1) is 0 Å². The van der Waals surface area contributed by atoms with Crippen molar-refractivity contribution in [3.05, 3.63) is 59.3 Å². The summed E-state index contributed by atoms with van der Waals surface area (Å²) >= 11 is 11.4. The number of hydrogen-bond acceptors (Lipinski definition) is 6. The highest BCUT2D eigenvalue weighted by Crippen LogP contribution is 2.49. The Balaban J connectivity index is 1.34. The van der Waals surface area contributed by atoms with Crippen LogP contribution in [0.25, 0.3) is 68.9 Å². The van der Waals surface area contributed by atoms with Crippen LogP contribution in [-0.4, -0.2) is 0 Å². The average Bonchev–Trinajstić information content (AvgIpc) is 3.52. The van der Waals surface area contributed by atoms with Crippen molar-refractivity contribution < 1.29 is 0 Å². The molecular formula is C24H10S6. The summed E-state index contributed by atoms with van der Waals surface area (Å²) in [6, 6.07) is 18.8. The number of thiophene rings is 6. The average molecular weight is 491 g/mol. The maximum absolute atomic E-state index is 2.41. The largest absolute Gasteiger partial charge is 0.144 e. The van der Waals surface area contributed by atoms with Crippen LogP contribution in [0.1, 0.15) is 0 Å². The first-order valence-electron chi connectivity index (χ1n) is 9.47. The summed E-state index contributed by atoms with van der Waals surface area (Å²) in [5, 5.41) is 9.95. The highest BCUT2D eigenvalue weighted by Gasteiger charge is 2.16. The van der Waals surface area contributed by atoms with Crippen LogP contribution in [0.2, 0.25) is 0 Å². The zero-order chi connectivity index (χ0) is 19.4. The van der Waals surface area contributed by atoms with Crippen molar-refractivity contribution in [2.24, 2.45) is 0 Å². The molecule has 0 radical (unpaired) electrons. The van der Waals surface area contributed by atoms with E-state index < -0.39 is 0 Å². The standard InChI is InChI=1S/C24H10S6/c1-3-25-15-7-17-13(5-11(1)15)23-21(27-17)9-19(29-23)20-10-22-24(30-20)14-6-12-2-4-26-16(12)8-18(14)28-22/h1-10H. The van der Waals surface area contributed by atoms with E-state index in [0.717, 1.165) is 0 Å². The van der Waals surface area contributed by atoms with Crippen LogP contribution in [0.5, 0.6) is 0 Å². The van der Waals surface area contributed by atoms with Crippen LogP contribution >= 0.6 is 68.0 Å². The monoisotopic (exact) mass is 490 g/mol. The third-order valence-electron chi connectivity index (χ3n) is 5.68. The topological polar surface area (TPSA) is 0 Å². The van der Waals surface area contributed by atoms with Gasteiger partial charge in [-0.2, -0.15) is 0 Å². The van der Waals surface area contributed by atoms with Gasteiger partial charge >= 0.3 is 0 Å². The molecule has 0 amide bonds. The predicted octanol–water partition coefficient (Wildman–Crippen LogP) is 10.6. The third-order valence-corrected chi connectivity index (χ3v) is 12.4. The molecule has 0 aliphatic heterocycles. The molecule has 6 heterocycles. The summed E-state index contributed by atoms with van der Waals surface area (Å²) in [5.41, 5.74) is 0. The maximum Gasteiger partial charge on any atom is 0.0536 e. The van der Waals surface area contributed by atoms with Crippen molar-refractivity contribution >= 4 is 127 Å². The molecule has 0 fully saturated rings. The van der Waals surface area contributed by atoms with E-state index in [1.807, 2.05) is 68.0 Å². The lowest BCUT2D eigenvalue weighted by Crippen LogP contribution is -1.64. The van der Waals surface area contributed by atoms with E-state index >= 15 is 0 Å². The first-order chi connectivity index (χ1) is 14.8. The van der Waals surface area contributed by atoms with Gasteiger partial charge < -0.3 is 0 Å². The summed E-state index contributed by atoms with van der Waals surface area (Å²) < 4.78 is 11.3. The molecule has 0 unspecified atom stereocenters. The number of benzene rings is 2. The van der Waals surface area contributed by atoms with Gasteiger partial charge in [0.15, 0.2) is 0 Å². The van der Waals surface area contributed by atoms with E-state index in [-0.39, 0.29) is 0 Å². The second-order valence-electron chi connectivity index (χ2n) is 7.43. The van der Waals surface area contributed by atoms with Crippen molar-refractivity contribution in [1.29, 1.82) is 0 Å². The Morgan fingerprint density at radius 2 is 0.933 bits per heavy atom. The van der Waals surface area contributed by atoms with Crippen molar-refractivity contribution in [2.75, 3.05) is 0 Å². The van der Waals surface area contributed by atoms with E-state index in [0.29, 0.717) is 0 Å². The van der Waals surface area contributed by atoms with Crippen molar-refractivity contribution in [1.82, 2.24) is 0 Å². The molecule has 0 bridgehead atoms. The smallest absolute Gasteiger partial charge is 0.0536 e. The van der Waals surface area contributed by atoms with Gasteiger partial charge in [-0.25, -0.2) is 0 Å². The molecule has 6 aromatic heterocycles. The van der Waals surface area contributed by atoms with E-state index in [1.54, 1.807) is 0 Å². The third kappa shape index (κ3) is 2.24. The van der Waals surface area contributed by atoms with Gasteiger partial charge in [-0.15, -0.1) is 68.0 Å². The Kier molecular flexibility index (Phi) is 3.32. The van der Waals surface area contributed by atoms with Crippen LogP contribution in [-0.2, 0) is 0 Å². The number of rotatable bonds is 1. The van der Waals surface area contributed by atoms with Crippen LogP contribution in [0.15, 0.2) is 59.3 Å². The Morgan fingerprint density at radius 3 is 1.43 bits per heavy atom. The molecule has 0 saturated carbocycles. The van der Waals surface area contributed by atoms with Crippen molar-refractivity contribution in [2.45, 2.75) is 0 Å². The van der Waals surface area contributed by atoms with E-state index in [1.165, 1.54) is 68.9 Å². The molecule has 6 heteroatoms. The molecule has 0 spiro atoms. The van der Waals surface area contributed by atoms with Gasteiger partial charge in [-0.05, 0) is 70.1 Å². The minimum atomic E-state index is 1.37. The zero-order valence-corrected chi connectivity index (χ0v) is 20.1. The lowest BCUT2D eigenvalue weighted by Gasteiger charge is -1.94. The number of hydrogen-bond donors (Lipinski definition) is 0. The van der Waals surface area contributed by atoms with Gasteiger partial charge in [-0.1, -0.05) is 0 Å². The van der Waals surface area contributed by atoms with Gasteiger partial charge in [0, 0.05) is 48.7 Å². The minimum absolute atomic E-state index is 1.37. The molecule has 30 heavy (non-hydrogen) atoms. The Labute approximate surface area is 194 Å². The molecular weight excluding hydrogens is 481 g/mol. The second-order valence-corrected chi connectivity index (χ2v) is 13.6. The second kappa shape index (κ2) is 5.91. The first-order valence-corrected chi connectivity index (χ1v) is 14.5. The Morgan fingerprint density at radius 1 is 0.433 bits per heavy atom. The number of fused-ring (bicyclic) bond motifs is 8. The summed E-state index contributed by atoms with van der Waals surface area (Å²) in [4.78, 5) is 2.81. The summed E-state index contributed by atoms with van der Waals surface area (Å²) in [6.07, 6.45) is 0. The fourth-order valence-electron chi connectivity index (χ4n) is 4.26. The van der Waals surface area contributed by atoms with Gasteiger partial charge in [0.25, 0.3) is 0 Å². The molecule has 8 aromatic rings. The molecule has 0 atom stereocenters. The molecule has 0 saturated heterocycles. The predicted molar refractivity (Wildman–Crippen MR) is 144 cm³/mol. The quantitative estimate of drug-likeness (QED) is 0.215. The lowest BCUT2D eigenvalue weighted by atomic mass is 10.2. The normalized spacial score (nSPS) is 12.7. The lowest BCUT2D eigenvalue weighted by molar-refractivity contribution is 2.06. The zero-order valence-electron chi connectivity index (χ0n) is 15.2. The van der Waals surface area contributed by atoms with Crippen molar-refractivity contribution in [3.63, 3.8) is 0 Å². The molecule has 2 aromatic carbocycles. The van der Waals surface area contributed by atoms with Crippen LogP contribution in [0.3, 0.4) is 0 Å². The van der Waals surface area contributed by atoms with Gasteiger partial charge in [0.05, 0.1) is 9.40 Å². The van der Waals surface area contributed by atoms with Gasteiger partial charge in [-0.3, -0.25) is 0 Å². The Bertz CT molecular complexity index is 1770. The van der Waals surface area contributed by atoms with E-state index in [2.05, 4.69) is 59.3 Å². The SMILES string of the molecule is c1cc2cc3c(cc2s1)sc1cc(-c2cc4sc5cc6sccc6cc5c4s2)sc13. The highest BCUT2D eigenvalue weighted by atomic mass is 32.1. The van der Waals surface area contributed by atoms with Gasteiger partial charge in [0.2, 0.25) is 0 Å². The summed E-state index contributed by atoms with van der Waals surface area (Å²) in [5.74, 6) is 0. The summed E-state index contributed by atoms with van der Waals surface area (Å²) in [7, 11) is 0. The highest BCUT2D eigenvalue weighted by molar-refractivity contribution is 7.37. The molecule has 8 rings (SSSR count). The summed E-state index contributed by atoms with van der Waals surface area (Å²) in [6.45, 7) is 0. The van der Waals surface area contributed by atoms with Crippen LogP contribution < -0.4 is 0 Å². The molecule has 0 nitrogen and oxygen atoms in total. The molecule has 142 valence electrons. The van der Waals surface area contributed by atoms with Crippen molar-refractivity contribution in [3.8, 4) is 9.75 Å². The van der Waals surface area contributed by atoms with E-state index in [9.17, 15) is 0 Å². The molecule has 0 N–H and O–H groups in total. The Hall–Kier alpha value is -1.80. The van der Waals surface area contributed by atoms with Gasteiger partial charge in [0.1, 0.15) is 0 Å². The van der Waals surface area contributed by atoms with E-state index in [4.69, 9.17) is 0 Å². The minimum Gasteiger partial charge on any atom is -0.144 e. The first kappa shape index (κ1) is 16.8. The molecule has 0 aliphatic rings. The fourth-order valence-corrected chi connectivity index (χ4v) is 11.2. The maximum atomic E-state index is 2.41.